The number of nitrogens with zero attached hydrogens (tertiary/aromatic N) is 2. The first-order chi connectivity index (χ1) is 21.4. The summed E-state index contributed by atoms with van der Waals surface area (Å²) in [5.41, 5.74) is 2.69. The SMILES string of the molecule is O=C(OCCN1CCN(CCOC(=O)C(Cl)(c2ccccc2)c2ccccc2)CC1)C(Cl)(c1ccccc1)c1ccccc1. The van der Waals surface area contributed by atoms with Gasteiger partial charge in [-0.3, -0.25) is 9.80 Å². The number of hydrogen-bond acceptors (Lipinski definition) is 6. The molecule has 8 heteroatoms. The van der Waals surface area contributed by atoms with Crippen LogP contribution < -0.4 is 0 Å². The predicted molar refractivity (Wildman–Crippen MR) is 174 cm³/mol. The van der Waals surface area contributed by atoms with Crippen molar-refractivity contribution in [1.82, 2.24) is 9.80 Å². The Balaban J connectivity index is 1.09. The van der Waals surface area contributed by atoms with Crippen molar-refractivity contribution in [2.24, 2.45) is 0 Å². The highest BCUT2D eigenvalue weighted by molar-refractivity contribution is 6.36. The van der Waals surface area contributed by atoms with Crippen molar-refractivity contribution in [3.05, 3.63) is 144 Å². The van der Waals surface area contributed by atoms with Gasteiger partial charge in [-0.25, -0.2) is 9.59 Å². The lowest BCUT2D eigenvalue weighted by atomic mass is 9.90. The lowest BCUT2D eigenvalue weighted by Crippen LogP contribution is -2.48. The van der Waals surface area contributed by atoms with Crippen LogP contribution in [0.5, 0.6) is 0 Å². The third-order valence-electron chi connectivity index (χ3n) is 8.00. The Kier molecular flexibility index (Phi) is 10.7. The number of esters is 2. The summed E-state index contributed by atoms with van der Waals surface area (Å²) in [5.74, 6) is -0.975. The van der Waals surface area contributed by atoms with Crippen molar-refractivity contribution in [3.63, 3.8) is 0 Å². The largest absolute Gasteiger partial charge is 0.463 e. The normalized spacial score (nSPS) is 14.6. The molecule has 44 heavy (non-hydrogen) atoms. The van der Waals surface area contributed by atoms with Crippen LogP contribution in [-0.2, 0) is 28.8 Å². The molecule has 1 aliphatic rings. The summed E-state index contributed by atoms with van der Waals surface area (Å²) in [4.78, 5) is 28.4. The molecule has 5 rings (SSSR count). The summed E-state index contributed by atoms with van der Waals surface area (Å²) in [6.45, 7) is 4.92. The Morgan fingerprint density at radius 3 is 1.00 bits per heavy atom. The van der Waals surface area contributed by atoms with Crippen LogP contribution in [0.25, 0.3) is 0 Å². The fourth-order valence-corrected chi connectivity index (χ4v) is 6.06. The van der Waals surface area contributed by atoms with E-state index in [1.807, 2.05) is 121 Å². The number of alkyl halides is 2. The van der Waals surface area contributed by atoms with E-state index in [2.05, 4.69) is 9.80 Å². The molecular weight excluding hydrogens is 595 g/mol. The maximum absolute atomic E-state index is 13.4. The highest BCUT2D eigenvalue weighted by atomic mass is 35.5. The van der Waals surface area contributed by atoms with Crippen molar-refractivity contribution in [1.29, 1.82) is 0 Å². The Bertz CT molecular complexity index is 1290. The van der Waals surface area contributed by atoms with Crippen LogP contribution in [0.2, 0.25) is 0 Å². The van der Waals surface area contributed by atoms with Gasteiger partial charge in [0, 0.05) is 39.3 Å². The Morgan fingerprint density at radius 2 is 0.750 bits per heavy atom. The van der Waals surface area contributed by atoms with Crippen LogP contribution in [0.4, 0.5) is 0 Å². The number of hydrogen-bond donors (Lipinski definition) is 0. The molecule has 1 saturated heterocycles. The molecule has 0 N–H and O–H groups in total. The second-order valence-electron chi connectivity index (χ2n) is 10.7. The first-order valence-corrected chi connectivity index (χ1v) is 15.6. The molecule has 4 aromatic rings. The fraction of sp³-hybridized carbons (Fsp3) is 0.278. The second-order valence-corrected chi connectivity index (χ2v) is 11.9. The van der Waals surface area contributed by atoms with E-state index < -0.39 is 21.7 Å². The maximum atomic E-state index is 13.4. The minimum absolute atomic E-state index is 0.237. The molecule has 1 heterocycles. The Hall–Kier alpha value is -3.68. The molecule has 4 aromatic carbocycles. The summed E-state index contributed by atoms with van der Waals surface area (Å²) in [7, 11) is 0. The van der Waals surface area contributed by atoms with Gasteiger partial charge < -0.3 is 9.47 Å². The van der Waals surface area contributed by atoms with Crippen LogP contribution in [-0.4, -0.2) is 74.2 Å². The van der Waals surface area contributed by atoms with E-state index in [0.717, 1.165) is 26.2 Å². The molecule has 1 aliphatic heterocycles. The zero-order valence-electron chi connectivity index (χ0n) is 24.5. The predicted octanol–water partition coefficient (Wildman–Crippen LogP) is 6.06. The number of piperazine rings is 1. The van der Waals surface area contributed by atoms with Gasteiger partial charge in [-0.1, -0.05) is 145 Å². The highest BCUT2D eigenvalue weighted by Gasteiger charge is 2.43. The first kappa shape index (κ1) is 31.7. The molecule has 0 bridgehead atoms. The van der Waals surface area contributed by atoms with Gasteiger partial charge in [0.1, 0.15) is 13.2 Å². The number of rotatable bonds is 12. The monoisotopic (exact) mass is 630 g/mol. The molecule has 0 saturated carbocycles. The molecule has 0 aromatic heterocycles. The summed E-state index contributed by atoms with van der Waals surface area (Å²) in [6.07, 6.45) is 0. The van der Waals surface area contributed by atoms with Gasteiger partial charge in [0.2, 0.25) is 0 Å². The third-order valence-corrected chi connectivity index (χ3v) is 9.18. The smallest absolute Gasteiger partial charge is 0.336 e. The molecule has 228 valence electrons. The average molecular weight is 632 g/mol. The topological polar surface area (TPSA) is 59.1 Å². The van der Waals surface area contributed by atoms with Crippen molar-refractivity contribution in [2.75, 3.05) is 52.5 Å². The molecule has 0 amide bonds. The second kappa shape index (κ2) is 14.9. The van der Waals surface area contributed by atoms with E-state index in [4.69, 9.17) is 32.7 Å². The zero-order chi connectivity index (χ0) is 30.8. The number of ether oxygens (including phenoxy) is 2. The first-order valence-electron chi connectivity index (χ1n) is 14.8. The highest BCUT2D eigenvalue weighted by Crippen LogP contribution is 2.39. The summed E-state index contributed by atoms with van der Waals surface area (Å²) in [5, 5.41) is 0. The molecule has 0 spiro atoms. The molecule has 0 aliphatic carbocycles. The number of carbonyl (C=O) groups excluding carboxylic acids is 2. The minimum Gasteiger partial charge on any atom is -0.463 e. The lowest BCUT2D eigenvalue weighted by Gasteiger charge is -2.35. The maximum Gasteiger partial charge on any atom is 0.336 e. The third kappa shape index (κ3) is 7.16. The summed E-state index contributed by atoms with van der Waals surface area (Å²) >= 11 is 14.0. The van der Waals surface area contributed by atoms with Crippen molar-refractivity contribution < 1.29 is 19.1 Å². The molecule has 0 atom stereocenters. The lowest BCUT2D eigenvalue weighted by molar-refractivity contribution is -0.147. The van der Waals surface area contributed by atoms with Gasteiger partial charge in [0.05, 0.1) is 0 Å². The number of benzene rings is 4. The minimum atomic E-state index is -1.42. The van der Waals surface area contributed by atoms with E-state index in [-0.39, 0.29) is 13.2 Å². The van der Waals surface area contributed by atoms with Crippen molar-refractivity contribution in [2.45, 2.75) is 9.75 Å². The van der Waals surface area contributed by atoms with Crippen LogP contribution in [0.1, 0.15) is 22.3 Å². The summed E-state index contributed by atoms with van der Waals surface area (Å²) < 4.78 is 11.5. The van der Waals surface area contributed by atoms with Gasteiger partial charge >= 0.3 is 11.9 Å². The van der Waals surface area contributed by atoms with Crippen LogP contribution in [0.3, 0.4) is 0 Å². The van der Waals surface area contributed by atoms with Gasteiger partial charge in [0.25, 0.3) is 0 Å². The van der Waals surface area contributed by atoms with E-state index in [0.29, 0.717) is 35.3 Å². The van der Waals surface area contributed by atoms with Crippen molar-refractivity contribution >= 4 is 35.1 Å². The summed E-state index contributed by atoms with van der Waals surface area (Å²) in [6, 6.07) is 37.2. The fourth-order valence-electron chi connectivity index (χ4n) is 5.45. The molecular formula is C36H36Cl2N2O4. The molecule has 0 unspecified atom stereocenters. The van der Waals surface area contributed by atoms with Gasteiger partial charge in [0.15, 0.2) is 9.75 Å². The number of halogens is 2. The van der Waals surface area contributed by atoms with Crippen LogP contribution >= 0.6 is 23.2 Å². The van der Waals surface area contributed by atoms with Crippen molar-refractivity contribution in [3.8, 4) is 0 Å². The van der Waals surface area contributed by atoms with E-state index in [1.165, 1.54) is 0 Å². The molecule has 6 nitrogen and oxygen atoms in total. The van der Waals surface area contributed by atoms with Gasteiger partial charge in [-0.05, 0) is 22.3 Å². The Labute approximate surface area is 269 Å². The van der Waals surface area contributed by atoms with Crippen LogP contribution in [0, 0.1) is 0 Å². The zero-order valence-corrected chi connectivity index (χ0v) is 26.0. The van der Waals surface area contributed by atoms with Crippen LogP contribution in [0.15, 0.2) is 121 Å². The van der Waals surface area contributed by atoms with Gasteiger partial charge in [-0.15, -0.1) is 0 Å². The standard InChI is InChI=1S/C36H36Cl2N2O4/c37-35(29-13-5-1-6-14-29,30-15-7-2-8-16-30)33(41)43-27-25-39-21-23-40(24-22-39)26-28-44-34(42)36(38,31-17-9-3-10-18-31)32-19-11-4-12-20-32/h1-20H,21-28H2. The van der Waals surface area contributed by atoms with E-state index >= 15 is 0 Å². The molecule has 0 radical (unpaired) electrons. The van der Waals surface area contributed by atoms with E-state index in [1.54, 1.807) is 0 Å². The average Bonchev–Trinajstić information content (AvgIpc) is 3.09. The number of carbonyl (C=O) groups is 2. The quantitative estimate of drug-likeness (QED) is 0.140. The Morgan fingerprint density at radius 1 is 0.500 bits per heavy atom. The van der Waals surface area contributed by atoms with Gasteiger partial charge in [-0.2, -0.15) is 0 Å². The van der Waals surface area contributed by atoms with E-state index in [9.17, 15) is 9.59 Å². The molecule has 1 fully saturated rings.